The van der Waals surface area contributed by atoms with Crippen molar-refractivity contribution < 1.29 is 4.74 Å². The number of rotatable bonds is 5. The van der Waals surface area contributed by atoms with Crippen molar-refractivity contribution >= 4 is 33.0 Å². The molecule has 0 aliphatic rings. The smallest absolute Gasteiger partial charge is 0.0738 e. The number of ether oxygens (including phenoxy) is 1. The molecule has 0 unspecified atom stereocenters. The van der Waals surface area contributed by atoms with Crippen molar-refractivity contribution in [3.63, 3.8) is 0 Å². The summed E-state index contributed by atoms with van der Waals surface area (Å²) in [6.07, 6.45) is 0. The van der Waals surface area contributed by atoms with Gasteiger partial charge in [-0.3, -0.25) is 0 Å². The normalized spacial score (nSPS) is 11.1. The topological polar surface area (TPSA) is 35.2 Å². The molecule has 108 valence electrons. The monoisotopic (exact) mass is 317 g/mol. The lowest BCUT2D eigenvalue weighted by Gasteiger charge is -2.07. The van der Waals surface area contributed by atoms with E-state index in [9.17, 15) is 0 Å². The van der Waals surface area contributed by atoms with E-state index >= 15 is 0 Å². The first kappa shape index (κ1) is 14.5. The van der Waals surface area contributed by atoms with Gasteiger partial charge in [0.1, 0.15) is 0 Å². The van der Waals surface area contributed by atoms with Gasteiger partial charge in [-0.2, -0.15) is 0 Å². The van der Waals surface area contributed by atoms with E-state index in [-0.39, 0.29) is 0 Å². The average molecular weight is 318 g/mol. The van der Waals surface area contributed by atoms with Gasteiger partial charge in [-0.1, -0.05) is 48.0 Å². The summed E-state index contributed by atoms with van der Waals surface area (Å²) in [5, 5.41) is 1.98. The third-order valence-electron chi connectivity index (χ3n) is 3.43. The van der Waals surface area contributed by atoms with Gasteiger partial charge in [-0.15, -0.1) is 11.3 Å². The van der Waals surface area contributed by atoms with Crippen LogP contribution in [0.15, 0.2) is 48.5 Å². The van der Waals surface area contributed by atoms with Crippen molar-refractivity contribution in [1.29, 1.82) is 0 Å². The second-order valence-corrected chi connectivity index (χ2v) is 6.33. The van der Waals surface area contributed by atoms with Crippen molar-refractivity contribution in [2.24, 2.45) is 5.73 Å². The SMILES string of the molecule is NCc1sc2ccccc2c1COCc1ccccc1Cl. The van der Waals surface area contributed by atoms with Gasteiger partial charge in [0.2, 0.25) is 0 Å². The number of halogens is 1. The summed E-state index contributed by atoms with van der Waals surface area (Å²) in [6, 6.07) is 16.1. The van der Waals surface area contributed by atoms with Crippen LogP contribution >= 0.6 is 22.9 Å². The lowest BCUT2D eigenvalue weighted by Crippen LogP contribution is -2.00. The Kier molecular flexibility index (Phi) is 4.56. The number of benzene rings is 2. The number of fused-ring (bicyclic) bond motifs is 1. The minimum Gasteiger partial charge on any atom is -0.372 e. The predicted octanol–water partition coefficient (Wildman–Crippen LogP) is 4.73. The van der Waals surface area contributed by atoms with Crippen molar-refractivity contribution in [1.82, 2.24) is 0 Å². The fourth-order valence-electron chi connectivity index (χ4n) is 2.35. The maximum atomic E-state index is 6.14. The first-order valence-electron chi connectivity index (χ1n) is 6.80. The van der Waals surface area contributed by atoms with Gasteiger partial charge in [-0.25, -0.2) is 0 Å². The Morgan fingerprint density at radius 2 is 1.76 bits per heavy atom. The minimum atomic E-state index is 0.508. The first-order chi connectivity index (χ1) is 10.3. The molecule has 2 N–H and O–H groups in total. The summed E-state index contributed by atoms with van der Waals surface area (Å²) in [7, 11) is 0. The first-order valence-corrected chi connectivity index (χ1v) is 7.99. The highest BCUT2D eigenvalue weighted by Crippen LogP contribution is 2.31. The van der Waals surface area contributed by atoms with Crippen LogP contribution in [0.1, 0.15) is 16.0 Å². The Morgan fingerprint density at radius 1 is 1.00 bits per heavy atom. The highest BCUT2D eigenvalue weighted by molar-refractivity contribution is 7.19. The summed E-state index contributed by atoms with van der Waals surface area (Å²) in [6.45, 7) is 1.61. The molecule has 1 aromatic heterocycles. The standard InChI is InChI=1S/C17H16ClNOS/c18-15-7-3-1-5-12(15)10-20-11-14-13-6-2-4-8-16(13)21-17(14)9-19/h1-8H,9-11,19H2. The van der Waals surface area contributed by atoms with Gasteiger partial charge in [0, 0.05) is 26.7 Å². The molecule has 2 aromatic carbocycles. The molecule has 0 radical (unpaired) electrons. The molecule has 1 heterocycles. The molecule has 0 spiro atoms. The van der Waals surface area contributed by atoms with E-state index in [1.54, 1.807) is 11.3 Å². The van der Waals surface area contributed by atoms with Crippen LogP contribution in [0.4, 0.5) is 0 Å². The molecule has 0 atom stereocenters. The Morgan fingerprint density at radius 3 is 2.57 bits per heavy atom. The van der Waals surface area contributed by atoms with Crippen LogP contribution in [0.5, 0.6) is 0 Å². The molecule has 4 heteroatoms. The van der Waals surface area contributed by atoms with E-state index in [0.717, 1.165) is 10.6 Å². The summed E-state index contributed by atoms with van der Waals surface area (Å²) >= 11 is 7.88. The summed E-state index contributed by atoms with van der Waals surface area (Å²) in [4.78, 5) is 1.19. The maximum absolute atomic E-state index is 6.14. The lowest BCUT2D eigenvalue weighted by atomic mass is 10.1. The van der Waals surface area contributed by atoms with Crippen LogP contribution in [0.2, 0.25) is 5.02 Å². The molecular formula is C17H16ClNOS. The molecule has 0 aliphatic carbocycles. The molecule has 0 saturated heterocycles. The third-order valence-corrected chi connectivity index (χ3v) is 5.03. The van der Waals surface area contributed by atoms with E-state index in [1.165, 1.54) is 20.5 Å². The quantitative estimate of drug-likeness (QED) is 0.738. The molecule has 21 heavy (non-hydrogen) atoms. The number of hydrogen-bond acceptors (Lipinski definition) is 3. The van der Waals surface area contributed by atoms with E-state index < -0.39 is 0 Å². The minimum absolute atomic E-state index is 0.508. The molecule has 0 saturated carbocycles. The fraction of sp³-hybridized carbons (Fsp3) is 0.176. The van der Waals surface area contributed by atoms with Gasteiger partial charge < -0.3 is 10.5 Å². The second kappa shape index (κ2) is 6.58. The van der Waals surface area contributed by atoms with Crippen LogP contribution in [0.25, 0.3) is 10.1 Å². The zero-order chi connectivity index (χ0) is 14.7. The molecule has 0 aliphatic heterocycles. The number of nitrogens with two attached hydrogens (primary N) is 1. The molecule has 0 fully saturated rings. The largest absolute Gasteiger partial charge is 0.372 e. The summed E-state index contributed by atoms with van der Waals surface area (Å²) < 4.78 is 7.12. The molecule has 0 amide bonds. The Labute approximate surface area is 133 Å². The Balaban J connectivity index is 1.77. The fourth-order valence-corrected chi connectivity index (χ4v) is 3.63. The number of thiophene rings is 1. The second-order valence-electron chi connectivity index (χ2n) is 4.79. The van der Waals surface area contributed by atoms with Crippen LogP contribution in [0.3, 0.4) is 0 Å². The van der Waals surface area contributed by atoms with Crippen molar-refractivity contribution in [3.8, 4) is 0 Å². The average Bonchev–Trinajstić information content (AvgIpc) is 2.87. The highest BCUT2D eigenvalue weighted by Gasteiger charge is 2.11. The molecule has 3 rings (SSSR count). The zero-order valence-corrected chi connectivity index (χ0v) is 13.1. The van der Waals surface area contributed by atoms with Gasteiger partial charge in [0.25, 0.3) is 0 Å². The highest BCUT2D eigenvalue weighted by atomic mass is 35.5. The van der Waals surface area contributed by atoms with Gasteiger partial charge in [0.05, 0.1) is 13.2 Å². The van der Waals surface area contributed by atoms with Crippen LogP contribution < -0.4 is 5.73 Å². The summed E-state index contributed by atoms with van der Waals surface area (Å²) in [5.74, 6) is 0. The van der Waals surface area contributed by atoms with Gasteiger partial charge in [-0.05, 0) is 23.1 Å². The Bertz CT molecular complexity index is 753. The maximum Gasteiger partial charge on any atom is 0.0738 e. The predicted molar refractivity (Wildman–Crippen MR) is 89.7 cm³/mol. The van der Waals surface area contributed by atoms with Gasteiger partial charge >= 0.3 is 0 Å². The van der Waals surface area contributed by atoms with E-state index in [1.807, 2.05) is 36.4 Å². The molecule has 3 aromatic rings. The zero-order valence-electron chi connectivity index (χ0n) is 11.5. The van der Waals surface area contributed by atoms with Crippen molar-refractivity contribution in [3.05, 3.63) is 69.6 Å². The van der Waals surface area contributed by atoms with E-state index in [0.29, 0.717) is 19.8 Å². The molecule has 0 bridgehead atoms. The molecular weight excluding hydrogens is 302 g/mol. The Hall–Kier alpha value is -1.39. The molecule has 2 nitrogen and oxygen atoms in total. The third kappa shape index (κ3) is 3.11. The van der Waals surface area contributed by atoms with E-state index in [2.05, 4.69) is 12.1 Å². The van der Waals surface area contributed by atoms with Crippen LogP contribution in [0, 0.1) is 0 Å². The van der Waals surface area contributed by atoms with Crippen molar-refractivity contribution in [2.45, 2.75) is 19.8 Å². The van der Waals surface area contributed by atoms with Gasteiger partial charge in [0.15, 0.2) is 0 Å². The number of hydrogen-bond donors (Lipinski definition) is 1. The van der Waals surface area contributed by atoms with E-state index in [4.69, 9.17) is 22.1 Å². The summed E-state index contributed by atoms with van der Waals surface area (Å²) in [5.41, 5.74) is 8.06. The lowest BCUT2D eigenvalue weighted by molar-refractivity contribution is 0.108. The van der Waals surface area contributed by atoms with Crippen LogP contribution in [-0.4, -0.2) is 0 Å². The van der Waals surface area contributed by atoms with Crippen molar-refractivity contribution in [2.75, 3.05) is 0 Å². The van der Waals surface area contributed by atoms with Crippen LogP contribution in [-0.2, 0) is 24.5 Å².